The maximum absolute atomic E-state index is 9.61. The molecule has 0 heterocycles. The Balaban J connectivity index is 1.80. The summed E-state index contributed by atoms with van der Waals surface area (Å²) in [5, 5.41) is 13.2. The van der Waals surface area contributed by atoms with Crippen molar-refractivity contribution in [3.8, 4) is 0 Å². The summed E-state index contributed by atoms with van der Waals surface area (Å²) in [6.07, 6.45) is 4.62. The summed E-state index contributed by atoms with van der Waals surface area (Å²) < 4.78 is 0. The largest absolute Gasteiger partial charge is 0.394 e. The molecule has 1 aliphatic carbocycles. The zero-order valence-electron chi connectivity index (χ0n) is 13.0. The van der Waals surface area contributed by atoms with E-state index in [1.807, 2.05) is 0 Å². The van der Waals surface area contributed by atoms with E-state index in [9.17, 15) is 5.11 Å². The third kappa shape index (κ3) is 4.22. The summed E-state index contributed by atoms with van der Waals surface area (Å²) in [7, 11) is 2.15. The van der Waals surface area contributed by atoms with Crippen molar-refractivity contribution < 1.29 is 5.11 Å². The maximum atomic E-state index is 9.61. The molecule has 2 N–H and O–H groups in total. The van der Waals surface area contributed by atoms with Crippen LogP contribution in [0.1, 0.15) is 38.2 Å². The second-order valence-electron chi connectivity index (χ2n) is 6.45. The molecule has 0 aliphatic heterocycles. The van der Waals surface area contributed by atoms with Crippen molar-refractivity contribution in [3.63, 3.8) is 0 Å². The molecule has 3 heteroatoms. The minimum Gasteiger partial charge on any atom is -0.394 e. The maximum Gasteiger partial charge on any atom is 0.0610 e. The Bertz CT molecular complexity index is 431. The van der Waals surface area contributed by atoms with Gasteiger partial charge >= 0.3 is 0 Å². The summed E-state index contributed by atoms with van der Waals surface area (Å²) in [6.45, 7) is 5.53. The molecule has 1 aromatic carbocycles. The zero-order chi connectivity index (χ0) is 14.6. The molecule has 0 bridgehead atoms. The molecule has 1 fully saturated rings. The predicted molar refractivity (Wildman–Crippen MR) is 85.3 cm³/mol. The Labute approximate surface area is 123 Å². The lowest BCUT2D eigenvalue weighted by Gasteiger charge is -2.30. The molecule has 112 valence electrons. The SMILES string of the molecule is Cc1ccccc1N(C)CCCC(C)(CO)NC1CC1. The summed E-state index contributed by atoms with van der Waals surface area (Å²) in [6, 6.07) is 9.13. The Morgan fingerprint density at radius 3 is 2.65 bits per heavy atom. The lowest BCUT2D eigenvalue weighted by Crippen LogP contribution is -2.47. The summed E-state index contributed by atoms with van der Waals surface area (Å²) in [5.74, 6) is 0. The molecule has 2 rings (SSSR count). The lowest BCUT2D eigenvalue weighted by molar-refractivity contribution is 0.162. The monoisotopic (exact) mass is 276 g/mol. The lowest BCUT2D eigenvalue weighted by atomic mass is 9.96. The summed E-state index contributed by atoms with van der Waals surface area (Å²) in [5.41, 5.74) is 2.50. The zero-order valence-corrected chi connectivity index (χ0v) is 13.0. The molecule has 0 amide bonds. The molecule has 1 saturated carbocycles. The molecule has 20 heavy (non-hydrogen) atoms. The number of rotatable bonds is 8. The van der Waals surface area contributed by atoms with Gasteiger partial charge in [0, 0.05) is 30.9 Å². The van der Waals surface area contributed by atoms with E-state index in [1.54, 1.807) is 0 Å². The van der Waals surface area contributed by atoms with Gasteiger partial charge in [0.05, 0.1) is 6.61 Å². The summed E-state index contributed by atoms with van der Waals surface area (Å²) >= 11 is 0. The number of para-hydroxylation sites is 1. The Hall–Kier alpha value is -1.06. The van der Waals surface area contributed by atoms with Crippen LogP contribution in [0.15, 0.2) is 24.3 Å². The van der Waals surface area contributed by atoms with Crippen LogP contribution >= 0.6 is 0 Å². The number of aryl methyl sites for hydroxylation is 1. The van der Waals surface area contributed by atoms with Gasteiger partial charge < -0.3 is 15.3 Å². The number of nitrogens with zero attached hydrogens (tertiary/aromatic N) is 1. The molecular weight excluding hydrogens is 248 g/mol. The highest BCUT2D eigenvalue weighted by Gasteiger charge is 2.31. The van der Waals surface area contributed by atoms with Crippen LogP contribution in [0.3, 0.4) is 0 Å². The molecule has 3 nitrogen and oxygen atoms in total. The third-order valence-electron chi connectivity index (χ3n) is 4.23. The molecule has 0 aromatic heterocycles. The highest BCUT2D eigenvalue weighted by molar-refractivity contribution is 5.52. The smallest absolute Gasteiger partial charge is 0.0610 e. The first kappa shape index (κ1) is 15.3. The van der Waals surface area contributed by atoms with E-state index < -0.39 is 0 Å². The van der Waals surface area contributed by atoms with Gasteiger partial charge in [0.2, 0.25) is 0 Å². The van der Waals surface area contributed by atoms with E-state index in [4.69, 9.17) is 0 Å². The van der Waals surface area contributed by atoms with Crippen molar-refractivity contribution in [1.29, 1.82) is 0 Å². The summed E-state index contributed by atoms with van der Waals surface area (Å²) in [4.78, 5) is 2.31. The molecule has 1 atom stereocenters. The number of aliphatic hydroxyl groups is 1. The van der Waals surface area contributed by atoms with Gasteiger partial charge in [-0.15, -0.1) is 0 Å². The number of anilines is 1. The van der Waals surface area contributed by atoms with E-state index in [-0.39, 0.29) is 12.1 Å². The number of hydrogen-bond donors (Lipinski definition) is 2. The average molecular weight is 276 g/mol. The van der Waals surface area contributed by atoms with Gasteiger partial charge in [0.1, 0.15) is 0 Å². The number of benzene rings is 1. The van der Waals surface area contributed by atoms with Crippen LogP contribution in [-0.2, 0) is 0 Å². The minimum atomic E-state index is -0.117. The molecule has 1 aromatic rings. The van der Waals surface area contributed by atoms with Crippen LogP contribution in [0.2, 0.25) is 0 Å². The second kappa shape index (κ2) is 6.59. The van der Waals surface area contributed by atoms with Crippen LogP contribution in [0, 0.1) is 6.92 Å². The number of aliphatic hydroxyl groups excluding tert-OH is 1. The molecular formula is C17H28N2O. The first-order chi connectivity index (χ1) is 9.54. The van der Waals surface area contributed by atoms with Gasteiger partial charge in [-0.05, 0) is 51.2 Å². The van der Waals surface area contributed by atoms with Gasteiger partial charge in [0.15, 0.2) is 0 Å². The molecule has 0 spiro atoms. The first-order valence-corrected chi connectivity index (χ1v) is 7.69. The molecule has 1 aliphatic rings. The van der Waals surface area contributed by atoms with E-state index in [1.165, 1.54) is 24.1 Å². The van der Waals surface area contributed by atoms with Crippen LogP contribution < -0.4 is 10.2 Å². The fourth-order valence-corrected chi connectivity index (χ4v) is 2.74. The highest BCUT2D eigenvalue weighted by atomic mass is 16.3. The Morgan fingerprint density at radius 2 is 2.05 bits per heavy atom. The minimum absolute atomic E-state index is 0.117. The highest BCUT2D eigenvalue weighted by Crippen LogP contribution is 2.25. The van der Waals surface area contributed by atoms with Crippen molar-refractivity contribution in [2.75, 3.05) is 25.1 Å². The van der Waals surface area contributed by atoms with Gasteiger partial charge in [-0.1, -0.05) is 18.2 Å². The van der Waals surface area contributed by atoms with Crippen LogP contribution in [0.4, 0.5) is 5.69 Å². The van der Waals surface area contributed by atoms with Gasteiger partial charge in [0.25, 0.3) is 0 Å². The fourth-order valence-electron chi connectivity index (χ4n) is 2.74. The van der Waals surface area contributed by atoms with Crippen molar-refractivity contribution in [3.05, 3.63) is 29.8 Å². The topological polar surface area (TPSA) is 35.5 Å². The van der Waals surface area contributed by atoms with E-state index in [2.05, 4.69) is 55.4 Å². The van der Waals surface area contributed by atoms with E-state index >= 15 is 0 Å². The quantitative estimate of drug-likeness (QED) is 0.766. The van der Waals surface area contributed by atoms with Gasteiger partial charge in [-0.3, -0.25) is 0 Å². The number of hydrogen-bond acceptors (Lipinski definition) is 3. The molecule has 0 saturated heterocycles. The van der Waals surface area contributed by atoms with Crippen LogP contribution in [-0.4, -0.2) is 36.9 Å². The normalized spacial score (nSPS) is 17.8. The molecule has 1 unspecified atom stereocenters. The van der Waals surface area contributed by atoms with Crippen molar-refractivity contribution in [2.24, 2.45) is 0 Å². The third-order valence-corrected chi connectivity index (χ3v) is 4.23. The first-order valence-electron chi connectivity index (χ1n) is 7.69. The Morgan fingerprint density at radius 1 is 1.35 bits per heavy atom. The second-order valence-corrected chi connectivity index (χ2v) is 6.45. The van der Waals surface area contributed by atoms with E-state index in [0.29, 0.717) is 6.04 Å². The van der Waals surface area contributed by atoms with Crippen molar-refractivity contribution in [2.45, 2.75) is 51.1 Å². The van der Waals surface area contributed by atoms with Crippen LogP contribution in [0.5, 0.6) is 0 Å². The molecule has 0 radical (unpaired) electrons. The standard InChI is InChI=1S/C17H28N2O/c1-14-7-4-5-8-16(14)19(3)12-6-11-17(2,13-20)18-15-9-10-15/h4-5,7-8,15,18,20H,6,9-13H2,1-3H3. The predicted octanol–water partition coefficient (Wildman–Crippen LogP) is 2.71. The fraction of sp³-hybridized carbons (Fsp3) is 0.647. The average Bonchev–Trinajstić information content (AvgIpc) is 3.23. The Kier molecular flexibility index (Phi) is 5.06. The van der Waals surface area contributed by atoms with Crippen molar-refractivity contribution >= 4 is 5.69 Å². The van der Waals surface area contributed by atoms with Crippen molar-refractivity contribution in [1.82, 2.24) is 5.32 Å². The van der Waals surface area contributed by atoms with Gasteiger partial charge in [-0.2, -0.15) is 0 Å². The van der Waals surface area contributed by atoms with Crippen LogP contribution in [0.25, 0.3) is 0 Å². The van der Waals surface area contributed by atoms with E-state index in [0.717, 1.165) is 19.4 Å². The number of nitrogens with one attached hydrogen (secondary N) is 1. The van der Waals surface area contributed by atoms with Gasteiger partial charge in [-0.25, -0.2) is 0 Å².